The van der Waals surface area contributed by atoms with Crippen LogP contribution in [0.25, 0.3) is 87.7 Å². The van der Waals surface area contributed by atoms with Crippen molar-refractivity contribution in [2.45, 2.75) is 0 Å². The Morgan fingerprint density at radius 2 is 0.870 bits per heavy atom. The summed E-state index contributed by atoms with van der Waals surface area (Å²) in [4.78, 5) is 0. The van der Waals surface area contributed by atoms with Crippen LogP contribution in [0.3, 0.4) is 0 Å². The maximum atomic E-state index is 2.43. The van der Waals surface area contributed by atoms with Gasteiger partial charge in [0, 0.05) is 38.0 Å². The van der Waals surface area contributed by atoms with Crippen LogP contribution in [0.1, 0.15) is 0 Å². The number of nitrogens with zero attached hydrogens (tertiary/aromatic N) is 2. The van der Waals surface area contributed by atoms with E-state index in [0.29, 0.717) is 0 Å². The smallest absolute Gasteiger partial charge is 0.0619 e. The van der Waals surface area contributed by atoms with Crippen LogP contribution in [-0.4, -0.2) is 9.13 Å². The summed E-state index contributed by atoms with van der Waals surface area (Å²) in [6, 6.07) is 62.0. The van der Waals surface area contributed by atoms with Gasteiger partial charge in [-0.1, -0.05) is 121 Å². The molecule has 0 amide bonds. The highest BCUT2D eigenvalue weighted by atomic mass is 15.0. The van der Waals surface area contributed by atoms with Crippen molar-refractivity contribution in [3.05, 3.63) is 170 Å². The fourth-order valence-electron chi connectivity index (χ4n) is 7.62. The molecule has 0 radical (unpaired) electrons. The van der Waals surface area contributed by atoms with Gasteiger partial charge in [-0.3, -0.25) is 0 Å². The highest BCUT2D eigenvalue weighted by Crippen LogP contribution is 2.40. The van der Waals surface area contributed by atoms with Gasteiger partial charge < -0.3 is 9.13 Å². The molecule has 2 heteroatoms. The molecule has 10 aromatic rings. The molecule has 0 aliphatic rings. The number of rotatable bonds is 3. The zero-order chi connectivity index (χ0) is 30.2. The highest BCUT2D eigenvalue weighted by Gasteiger charge is 2.18. The standard InChI is InChI=1S/C44H28N2/c1-2-14-33(15-3-1)45-42-25-22-32(28-39(42)37-24-21-30-12-5-7-17-35(30)44(37)45)31-23-26-43-38(27-31)36-18-8-9-19-41(36)46(43)40-20-10-13-29-11-4-6-16-34(29)40/h1-28H. The molecular weight excluding hydrogens is 556 g/mol. The molecule has 0 atom stereocenters. The molecule has 0 aliphatic carbocycles. The molecular formula is C44H28N2. The lowest BCUT2D eigenvalue weighted by molar-refractivity contribution is 1.19. The quantitative estimate of drug-likeness (QED) is 0.195. The van der Waals surface area contributed by atoms with E-state index in [2.05, 4.69) is 179 Å². The lowest BCUT2D eigenvalue weighted by atomic mass is 10.00. The van der Waals surface area contributed by atoms with Crippen LogP contribution in [0.15, 0.2) is 170 Å². The summed E-state index contributed by atoms with van der Waals surface area (Å²) in [5.41, 5.74) is 9.73. The van der Waals surface area contributed by atoms with Crippen molar-refractivity contribution in [3.8, 4) is 22.5 Å². The van der Waals surface area contributed by atoms with E-state index in [0.717, 1.165) is 0 Å². The Balaban J connectivity index is 1.23. The van der Waals surface area contributed by atoms with E-state index in [1.54, 1.807) is 0 Å². The molecule has 2 nitrogen and oxygen atoms in total. The third-order valence-corrected chi connectivity index (χ3v) is 9.68. The predicted molar refractivity (Wildman–Crippen MR) is 196 cm³/mol. The molecule has 214 valence electrons. The lowest BCUT2D eigenvalue weighted by Gasteiger charge is -2.12. The number of fused-ring (bicyclic) bond motifs is 9. The molecule has 0 spiro atoms. The average Bonchev–Trinajstić information content (AvgIpc) is 3.64. The third-order valence-electron chi connectivity index (χ3n) is 9.68. The largest absolute Gasteiger partial charge is 0.309 e. The van der Waals surface area contributed by atoms with Crippen molar-refractivity contribution >= 4 is 65.2 Å². The van der Waals surface area contributed by atoms with Crippen molar-refractivity contribution in [2.75, 3.05) is 0 Å². The minimum absolute atomic E-state index is 1.18. The Kier molecular flexibility index (Phi) is 5.31. The summed E-state index contributed by atoms with van der Waals surface area (Å²) in [6.45, 7) is 0. The molecule has 0 bridgehead atoms. The monoisotopic (exact) mass is 584 g/mol. The van der Waals surface area contributed by atoms with Gasteiger partial charge in [0.2, 0.25) is 0 Å². The maximum absolute atomic E-state index is 2.43. The normalized spacial score (nSPS) is 11.9. The van der Waals surface area contributed by atoms with Gasteiger partial charge in [0.1, 0.15) is 0 Å². The highest BCUT2D eigenvalue weighted by molar-refractivity contribution is 6.19. The molecule has 0 N–H and O–H groups in total. The number of aromatic nitrogens is 2. The van der Waals surface area contributed by atoms with Crippen molar-refractivity contribution in [2.24, 2.45) is 0 Å². The first-order valence-electron chi connectivity index (χ1n) is 15.9. The lowest BCUT2D eigenvalue weighted by Crippen LogP contribution is -1.95. The van der Waals surface area contributed by atoms with Crippen molar-refractivity contribution in [3.63, 3.8) is 0 Å². The molecule has 0 unspecified atom stereocenters. The van der Waals surface area contributed by atoms with E-state index in [-0.39, 0.29) is 0 Å². The average molecular weight is 585 g/mol. The third kappa shape index (κ3) is 3.59. The van der Waals surface area contributed by atoms with Gasteiger partial charge in [0.15, 0.2) is 0 Å². The fraction of sp³-hybridized carbons (Fsp3) is 0. The summed E-state index contributed by atoms with van der Waals surface area (Å²) in [7, 11) is 0. The summed E-state index contributed by atoms with van der Waals surface area (Å²) >= 11 is 0. The first-order chi connectivity index (χ1) is 22.8. The Hall–Kier alpha value is -6.12. The van der Waals surface area contributed by atoms with Crippen LogP contribution in [0.5, 0.6) is 0 Å². The van der Waals surface area contributed by atoms with Crippen molar-refractivity contribution in [1.82, 2.24) is 9.13 Å². The zero-order valence-corrected chi connectivity index (χ0v) is 25.1. The molecule has 0 aliphatic heterocycles. The van der Waals surface area contributed by atoms with E-state index < -0.39 is 0 Å². The molecule has 8 aromatic carbocycles. The molecule has 2 heterocycles. The Labute approximate surface area is 266 Å². The van der Waals surface area contributed by atoms with Crippen molar-refractivity contribution < 1.29 is 0 Å². The van der Waals surface area contributed by atoms with Crippen LogP contribution in [0, 0.1) is 0 Å². The van der Waals surface area contributed by atoms with E-state index in [1.807, 2.05) is 0 Å². The SMILES string of the molecule is c1ccc(-n2c3ccc(-c4ccc5c(c4)c4ccccc4n5-c4cccc5ccccc45)cc3c3ccc4ccccc4c32)cc1. The van der Waals surface area contributed by atoms with E-state index >= 15 is 0 Å². The second kappa shape index (κ2) is 9.69. The van der Waals surface area contributed by atoms with Gasteiger partial charge in [0.25, 0.3) is 0 Å². The molecule has 0 saturated carbocycles. The Bertz CT molecular complexity index is 2790. The number of hydrogen-bond acceptors (Lipinski definition) is 0. The van der Waals surface area contributed by atoms with E-state index in [4.69, 9.17) is 0 Å². The van der Waals surface area contributed by atoms with Crippen molar-refractivity contribution in [1.29, 1.82) is 0 Å². The Morgan fingerprint density at radius 3 is 1.65 bits per heavy atom. The van der Waals surface area contributed by atoms with E-state index in [1.165, 1.54) is 87.7 Å². The van der Waals surface area contributed by atoms with Gasteiger partial charge in [-0.25, -0.2) is 0 Å². The summed E-state index contributed by atoms with van der Waals surface area (Å²) < 4.78 is 4.86. The van der Waals surface area contributed by atoms with Crippen LogP contribution in [0.4, 0.5) is 0 Å². The van der Waals surface area contributed by atoms with Gasteiger partial charge in [0.05, 0.1) is 27.8 Å². The Morgan fingerprint density at radius 1 is 0.304 bits per heavy atom. The molecule has 2 aromatic heterocycles. The van der Waals surface area contributed by atoms with Crippen LogP contribution in [0.2, 0.25) is 0 Å². The number of para-hydroxylation sites is 2. The van der Waals surface area contributed by atoms with Crippen LogP contribution in [-0.2, 0) is 0 Å². The summed E-state index contributed by atoms with van der Waals surface area (Å²) in [6.07, 6.45) is 0. The summed E-state index contributed by atoms with van der Waals surface area (Å²) in [5.74, 6) is 0. The second-order valence-corrected chi connectivity index (χ2v) is 12.2. The van der Waals surface area contributed by atoms with Gasteiger partial charge in [-0.2, -0.15) is 0 Å². The number of hydrogen-bond donors (Lipinski definition) is 0. The molecule has 46 heavy (non-hydrogen) atoms. The predicted octanol–water partition coefficient (Wildman–Crippen LogP) is 11.9. The zero-order valence-electron chi connectivity index (χ0n) is 25.1. The van der Waals surface area contributed by atoms with Gasteiger partial charge >= 0.3 is 0 Å². The number of benzene rings is 8. The first-order valence-corrected chi connectivity index (χ1v) is 15.9. The van der Waals surface area contributed by atoms with Gasteiger partial charge in [-0.15, -0.1) is 0 Å². The molecule has 0 fully saturated rings. The molecule has 0 saturated heterocycles. The molecule has 10 rings (SSSR count). The minimum atomic E-state index is 1.18. The second-order valence-electron chi connectivity index (χ2n) is 12.2. The topological polar surface area (TPSA) is 9.86 Å². The first kappa shape index (κ1) is 25.2. The van der Waals surface area contributed by atoms with Gasteiger partial charge in [-0.05, 0) is 70.4 Å². The summed E-state index contributed by atoms with van der Waals surface area (Å²) in [5, 5.41) is 10.1. The fourth-order valence-corrected chi connectivity index (χ4v) is 7.62. The van der Waals surface area contributed by atoms with E-state index in [9.17, 15) is 0 Å². The van der Waals surface area contributed by atoms with Crippen LogP contribution < -0.4 is 0 Å². The minimum Gasteiger partial charge on any atom is -0.309 e. The van der Waals surface area contributed by atoms with Crippen LogP contribution >= 0.6 is 0 Å². The maximum Gasteiger partial charge on any atom is 0.0619 e.